The summed E-state index contributed by atoms with van der Waals surface area (Å²) in [5.41, 5.74) is 1.04. The van der Waals surface area contributed by atoms with E-state index in [0.29, 0.717) is 42.5 Å². The van der Waals surface area contributed by atoms with Crippen molar-refractivity contribution in [3.05, 3.63) is 40.1 Å². The van der Waals surface area contributed by atoms with Crippen LogP contribution in [0.3, 0.4) is 0 Å². The molecular formula is C17H21N5O4. The summed E-state index contributed by atoms with van der Waals surface area (Å²) in [4.78, 5) is 30.5. The summed E-state index contributed by atoms with van der Waals surface area (Å²) in [7, 11) is 1.52. The van der Waals surface area contributed by atoms with Gasteiger partial charge in [-0.2, -0.15) is 0 Å². The lowest BCUT2D eigenvalue weighted by atomic mass is 10.3. The number of aromatic nitrogens is 4. The highest BCUT2D eigenvalue weighted by molar-refractivity contribution is 5.76. The standard InChI is InChI=1S/C17H21N5O4/c1-11-12(2)18-10-22(17(11)24)9-16(23)21-7-6-13(8-21)26-15-5-4-14(25-3)19-20-15/h4-5,10,13H,6-9H2,1-3H3/t13-/m0/s1. The van der Waals surface area contributed by atoms with Gasteiger partial charge in [0.1, 0.15) is 12.6 Å². The molecule has 3 rings (SSSR count). The maximum absolute atomic E-state index is 12.5. The average Bonchev–Trinajstić information content (AvgIpc) is 3.11. The zero-order chi connectivity index (χ0) is 18.7. The second-order valence-corrected chi connectivity index (χ2v) is 6.17. The van der Waals surface area contributed by atoms with Gasteiger partial charge in [0, 0.05) is 36.4 Å². The summed E-state index contributed by atoms with van der Waals surface area (Å²) in [5, 5.41) is 7.78. The normalized spacial score (nSPS) is 16.6. The van der Waals surface area contributed by atoms with Crippen LogP contribution in [0.1, 0.15) is 17.7 Å². The molecule has 26 heavy (non-hydrogen) atoms. The number of methoxy groups -OCH3 is 1. The van der Waals surface area contributed by atoms with Gasteiger partial charge in [0.25, 0.3) is 5.56 Å². The molecule has 1 fully saturated rings. The van der Waals surface area contributed by atoms with E-state index in [9.17, 15) is 9.59 Å². The van der Waals surface area contributed by atoms with Crippen molar-refractivity contribution in [3.8, 4) is 11.8 Å². The van der Waals surface area contributed by atoms with Crippen molar-refractivity contribution in [1.82, 2.24) is 24.6 Å². The molecule has 3 heterocycles. The third kappa shape index (κ3) is 3.81. The SMILES string of the molecule is COc1ccc(O[C@H]2CCN(C(=O)Cn3cnc(C)c(C)c3=O)C2)nn1. The molecule has 138 valence electrons. The predicted molar refractivity (Wildman–Crippen MR) is 92.2 cm³/mol. The van der Waals surface area contributed by atoms with Crippen LogP contribution in [0.15, 0.2) is 23.3 Å². The number of ether oxygens (including phenoxy) is 2. The number of aryl methyl sites for hydroxylation is 1. The van der Waals surface area contributed by atoms with Crippen molar-refractivity contribution in [3.63, 3.8) is 0 Å². The fourth-order valence-corrected chi connectivity index (χ4v) is 2.74. The van der Waals surface area contributed by atoms with Crippen LogP contribution in [0.25, 0.3) is 0 Å². The number of likely N-dealkylation sites (tertiary alicyclic amines) is 1. The fourth-order valence-electron chi connectivity index (χ4n) is 2.74. The summed E-state index contributed by atoms with van der Waals surface area (Å²) in [6, 6.07) is 3.34. The van der Waals surface area contributed by atoms with Gasteiger partial charge in [-0.05, 0) is 13.8 Å². The van der Waals surface area contributed by atoms with Gasteiger partial charge >= 0.3 is 0 Å². The molecule has 2 aromatic rings. The van der Waals surface area contributed by atoms with E-state index in [4.69, 9.17) is 9.47 Å². The molecule has 0 spiro atoms. The molecule has 1 aliphatic heterocycles. The van der Waals surface area contributed by atoms with Crippen molar-refractivity contribution >= 4 is 5.91 Å². The lowest BCUT2D eigenvalue weighted by molar-refractivity contribution is -0.131. The van der Waals surface area contributed by atoms with E-state index in [0.717, 1.165) is 0 Å². The van der Waals surface area contributed by atoms with Gasteiger partial charge in [-0.1, -0.05) is 0 Å². The Hall–Kier alpha value is -2.97. The summed E-state index contributed by atoms with van der Waals surface area (Å²) >= 11 is 0. The zero-order valence-electron chi connectivity index (χ0n) is 15.0. The molecule has 2 aromatic heterocycles. The zero-order valence-corrected chi connectivity index (χ0v) is 15.0. The number of hydrogen-bond donors (Lipinski definition) is 0. The number of nitrogens with zero attached hydrogens (tertiary/aromatic N) is 5. The maximum Gasteiger partial charge on any atom is 0.256 e. The first kappa shape index (κ1) is 17.8. The first-order valence-electron chi connectivity index (χ1n) is 8.32. The number of carbonyl (C=O) groups excluding carboxylic acids is 1. The molecular weight excluding hydrogens is 338 g/mol. The summed E-state index contributed by atoms with van der Waals surface area (Å²) in [6.45, 7) is 4.47. The van der Waals surface area contributed by atoms with Gasteiger partial charge in [0.2, 0.25) is 17.7 Å². The number of carbonyl (C=O) groups is 1. The van der Waals surface area contributed by atoms with Crippen LogP contribution >= 0.6 is 0 Å². The Morgan fingerprint density at radius 3 is 2.69 bits per heavy atom. The van der Waals surface area contributed by atoms with Crippen molar-refractivity contribution in [2.24, 2.45) is 0 Å². The molecule has 0 bridgehead atoms. The Labute approximate surface area is 150 Å². The van der Waals surface area contributed by atoms with E-state index in [1.165, 1.54) is 18.0 Å². The number of hydrogen-bond acceptors (Lipinski definition) is 7. The smallest absolute Gasteiger partial charge is 0.256 e. The minimum Gasteiger partial charge on any atom is -0.480 e. The Morgan fingerprint density at radius 2 is 2.00 bits per heavy atom. The maximum atomic E-state index is 12.5. The van der Waals surface area contributed by atoms with Gasteiger partial charge in [0.15, 0.2) is 0 Å². The van der Waals surface area contributed by atoms with Crippen LogP contribution in [-0.4, -0.2) is 56.9 Å². The van der Waals surface area contributed by atoms with E-state index in [-0.39, 0.29) is 24.1 Å². The van der Waals surface area contributed by atoms with E-state index in [1.807, 2.05) is 0 Å². The lowest BCUT2D eigenvalue weighted by Gasteiger charge is -2.17. The van der Waals surface area contributed by atoms with Crippen LogP contribution in [-0.2, 0) is 11.3 Å². The van der Waals surface area contributed by atoms with E-state index < -0.39 is 0 Å². The molecule has 9 nitrogen and oxygen atoms in total. The molecule has 1 aliphatic rings. The molecule has 9 heteroatoms. The lowest BCUT2D eigenvalue weighted by Crippen LogP contribution is -2.36. The van der Waals surface area contributed by atoms with Crippen molar-refractivity contribution in [2.75, 3.05) is 20.2 Å². The Morgan fingerprint density at radius 1 is 1.27 bits per heavy atom. The molecule has 0 aliphatic carbocycles. The van der Waals surface area contributed by atoms with E-state index >= 15 is 0 Å². The van der Waals surface area contributed by atoms with Gasteiger partial charge in [-0.25, -0.2) is 4.98 Å². The van der Waals surface area contributed by atoms with Crippen molar-refractivity contribution in [1.29, 1.82) is 0 Å². The molecule has 0 N–H and O–H groups in total. The second-order valence-electron chi connectivity index (χ2n) is 6.17. The van der Waals surface area contributed by atoms with Gasteiger partial charge in [-0.15, -0.1) is 10.2 Å². The molecule has 1 atom stereocenters. The minimum atomic E-state index is -0.189. The Kier molecular flexibility index (Phi) is 5.15. The molecule has 0 saturated carbocycles. The molecule has 0 radical (unpaired) electrons. The molecule has 0 aromatic carbocycles. The van der Waals surface area contributed by atoms with Gasteiger partial charge in [0.05, 0.1) is 20.0 Å². The van der Waals surface area contributed by atoms with Crippen LogP contribution < -0.4 is 15.0 Å². The van der Waals surface area contributed by atoms with E-state index in [1.54, 1.807) is 30.9 Å². The van der Waals surface area contributed by atoms with Gasteiger partial charge < -0.3 is 14.4 Å². The first-order valence-corrected chi connectivity index (χ1v) is 8.32. The van der Waals surface area contributed by atoms with Gasteiger partial charge in [-0.3, -0.25) is 14.2 Å². The van der Waals surface area contributed by atoms with Crippen molar-refractivity contribution < 1.29 is 14.3 Å². The number of rotatable bonds is 5. The highest BCUT2D eigenvalue weighted by atomic mass is 16.5. The third-order valence-corrected chi connectivity index (χ3v) is 4.43. The van der Waals surface area contributed by atoms with Crippen LogP contribution in [0.4, 0.5) is 0 Å². The minimum absolute atomic E-state index is 0.0258. The monoisotopic (exact) mass is 359 g/mol. The second kappa shape index (κ2) is 7.51. The summed E-state index contributed by atoms with van der Waals surface area (Å²) < 4.78 is 12.1. The fraction of sp³-hybridized carbons (Fsp3) is 0.471. The van der Waals surface area contributed by atoms with Crippen LogP contribution in [0.5, 0.6) is 11.8 Å². The van der Waals surface area contributed by atoms with Crippen LogP contribution in [0, 0.1) is 13.8 Å². The largest absolute Gasteiger partial charge is 0.480 e. The van der Waals surface area contributed by atoms with Crippen molar-refractivity contribution in [2.45, 2.75) is 32.9 Å². The van der Waals surface area contributed by atoms with Crippen LogP contribution in [0.2, 0.25) is 0 Å². The average molecular weight is 359 g/mol. The molecule has 0 unspecified atom stereocenters. The van der Waals surface area contributed by atoms with E-state index in [2.05, 4.69) is 15.2 Å². The topological polar surface area (TPSA) is 99.4 Å². The highest BCUT2D eigenvalue weighted by Gasteiger charge is 2.28. The quantitative estimate of drug-likeness (QED) is 0.759. The highest BCUT2D eigenvalue weighted by Crippen LogP contribution is 2.17. The summed E-state index contributed by atoms with van der Waals surface area (Å²) in [6.07, 6.45) is 1.95. The summed E-state index contributed by atoms with van der Waals surface area (Å²) in [5.74, 6) is 0.664. The first-order chi connectivity index (χ1) is 12.5. The third-order valence-electron chi connectivity index (χ3n) is 4.43. The molecule has 1 amide bonds. The Balaban J connectivity index is 1.58. The Bertz CT molecular complexity index is 849. The molecule has 1 saturated heterocycles. The number of amides is 1. The predicted octanol–water partition coefficient (Wildman–Crippen LogP) is 0.339.